The van der Waals surface area contributed by atoms with E-state index >= 15 is 8.78 Å². The van der Waals surface area contributed by atoms with E-state index in [4.69, 9.17) is 9.05 Å². The molecule has 7 nitrogen and oxygen atoms in total. The van der Waals surface area contributed by atoms with Gasteiger partial charge in [-0.1, -0.05) is 41.9 Å². The predicted octanol–water partition coefficient (Wildman–Crippen LogP) is 6.02. The Balaban J connectivity index is 1.87. The maximum Gasteiger partial charge on any atom is 0.404 e. The van der Waals surface area contributed by atoms with Gasteiger partial charge in [0.05, 0.1) is 13.2 Å². The Kier molecular flexibility index (Phi) is 8.06. The first-order valence-corrected chi connectivity index (χ1v) is 14.0. The van der Waals surface area contributed by atoms with Crippen LogP contribution in [-0.2, 0) is 30.5 Å². The Bertz CT molecular complexity index is 1050. The molecule has 3 aliphatic carbocycles. The maximum atomic E-state index is 15.2. The molecule has 0 aliphatic heterocycles. The van der Waals surface area contributed by atoms with Gasteiger partial charge in [0.1, 0.15) is 5.60 Å². The van der Waals surface area contributed by atoms with Gasteiger partial charge in [-0.25, -0.2) is 4.79 Å². The number of fused-ring (bicyclic) bond motifs is 2. The molecule has 0 radical (unpaired) electrons. The summed E-state index contributed by atoms with van der Waals surface area (Å²) in [5.74, 6) is -0.832. The van der Waals surface area contributed by atoms with Gasteiger partial charge < -0.3 is 19.3 Å². The molecule has 3 saturated carbocycles. The number of rotatable bonds is 10. The van der Waals surface area contributed by atoms with Crippen LogP contribution < -0.4 is 0 Å². The third kappa shape index (κ3) is 5.01. The summed E-state index contributed by atoms with van der Waals surface area (Å²) in [5.41, 5.74) is -4.81. The fraction of sp³-hybridized carbons (Fsp3) is 0.667. The highest BCUT2D eigenvalue weighted by molar-refractivity contribution is 9.10. The Morgan fingerprint density at radius 3 is 2.34 bits per heavy atom. The molecule has 0 amide bonds. The number of aliphatic carboxylic acids is 1. The van der Waals surface area contributed by atoms with Crippen LogP contribution in [0.15, 0.2) is 27.7 Å². The summed E-state index contributed by atoms with van der Waals surface area (Å²) >= 11 is 3.11. The fourth-order valence-electron chi connectivity index (χ4n) is 5.36. The summed E-state index contributed by atoms with van der Waals surface area (Å²) in [6.45, 7) is 8.36. The number of aliphatic imine (C=N–C) groups is 1. The Hall–Kier alpha value is -1.19. The van der Waals surface area contributed by atoms with Crippen molar-refractivity contribution in [2.45, 2.75) is 71.2 Å². The van der Waals surface area contributed by atoms with Crippen molar-refractivity contribution in [3.05, 3.63) is 33.8 Å². The van der Waals surface area contributed by atoms with Gasteiger partial charge in [0, 0.05) is 22.2 Å². The van der Waals surface area contributed by atoms with Gasteiger partial charge in [0.15, 0.2) is 6.04 Å². The topological polar surface area (TPSA) is 105 Å². The van der Waals surface area contributed by atoms with Crippen molar-refractivity contribution in [3.63, 3.8) is 0 Å². The molecule has 0 saturated heterocycles. The quantitative estimate of drug-likeness (QED) is 0.328. The summed E-state index contributed by atoms with van der Waals surface area (Å²) in [4.78, 5) is 16.4. The molecule has 4 rings (SSSR count). The molecule has 0 spiro atoms. The number of halogens is 3. The Labute approximate surface area is 213 Å². The minimum atomic E-state index is -4.79. The Morgan fingerprint density at radius 2 is 1.89 bits per heavy atom. The van der Waals surface area contributed by atoms with E-state index in [0.29, 0.717) is 23.6 Å². The molecule has 4 atom stereocenters. The highest BCUT2D eigenvalue weighted by Gasteiger charge is 2.62. The number of carboxylic acid groups (broad SMARTS) is 1. The van der Waals surface area contributed by atoms with Crippen LogP contribution in [0.4, 0.5) is 8.78 Å². The van der Waals surface area contributed by atoms with Gasteiger partial charge in [0.2, 0.25) is 0 Å². The Morgan fingerprint density at radius 1 is 1.29 bits per heavy atom. The number of carboxylic acids is 1. The average Bonchev–Trinajstić information content (AvgIpc) is 2.73. The minimum absolute atomic E-state index is 0.00368. The maximum absolute atomic E-state index is 15.2. The van der Waals surface area contributed by atoms with Gasteiger partial charge in [0.25, 0.3) is 0 Å². The van der Waals surface area contributed by atoms with Crippen LogP contribution in [0.1, 0.15) is 58.6 Å². The SMILES string of the molecule is CCOP(=O)(OCC)C(F)(F)c1ccc(C[C@H](/N=C2/CC3CC(C2(C)O)C3(C)C)C(=O)O)cc1Br. The van der Waals surface area contributed by atoms with E-state index in [0.717, 1.165) is 12.5 Å². The van der Waals surface area contributed by atoms with E-state index in [2.05, 4.69) is 34.8 Å². The molecule has 0 aromatic heterocycles. The number of nitrogens with zero attached hydrogens (tertiary/aromatic N) is 1. The number of alkyl halides is 2. The number of aliphatic hydroxyl groups is 1. The molecule has 1 aromatic carbocycles. The normalized spacial score (nSPS) is 28.0. The predicted molar refractivity (Wildman–Crippen MR) is 132 cm³/mol. The van der Waals surface area contributed by atoms with Crippen LogP contribution in [-0.4, -0.2) is 46.8 Å². The van der Waals surface area contributed by atoms with Crippen molar-refractivity contribution in [1.82, 2.24) is 0 Å². The number of carbonyl (C=O) groups is 1. The summed E-state index contributed by atoms with van der Waals surface area (Å²) in [5, 5.41) is 20.9. The molecule has 1 aromatic rings. The summed E-state index contributed by atoms with van der Waals surface area (Å²) in [6, 6.07) is 2.62. The lowest BCUT2D eigenvalue weighted by molar-refractivity contribution is -0.139. The van der Waals surface area contributed by atoms with Gasteiger partial charge in [-0.05, 0) is 62.5 Å². The molecule has 0 heterocycles. The molecule has 2 N–H and O–H groups in total. The van der Waals surface area contributed by atoms with Crippen LogP contribution >= 0.6 is 23.5 Å². The van der Waals surface area contributed by atoms with E-state index in [1.165, 1.54) is 26.0 Å². The second-order valence-corrected chi connectivity index (χ2v) is 12.9. The van der Waals surface area contributed by atoms with Crippen LogP contribution in [0, 0.1) is 17.3 Å². The van der Waals surface area contributed by atoms with E-state index in [-0.39, 0.29) is 35.4 Å². The molecule has 3 unspecified atom stereocenters. The van der Waals surface area contributed by atoms with Crippen molar-refractivity contribution < 1.29 is 37.4 Å². The zero-order valence-corrected chi connectivity index (χ0v) is 23.0. The lowest BCUT2D eigenvalue weighted by Crippen LogP contribution is -2.65. The summed E-state index contributed by atoms with van der Waals surface area (Å²) < 4.78 is 52.7. The van der Waals surface area contributed by atoms with Crippen molar-refractivity contribution in [1.29, 1.82) is 0 Å². The average molecular weight is 580 g/mol. The fourth-order valence-corrected chi connectivity index (χ4v) is 7.75. The highest BCUT2D eigenvalue weighted by Crippen LogP contribution is 2.67. The standard InChI is InChI=1S/C24H33BrF2NO6P/c1-6-33-35(32,34-7-2)24(26,27)16-9-8-14(10-17(16)25)11-18(21(29)30)28-20-13-15-12-19(22(15,3)4)23(20,5)31/h8-10,15,18-19,31H,6-7,11-13H2,1-5H3,(H,29,30)/b28-20-/t15?,18-,19?,23?/m0/s1. The highest BCUT2D eigenvalue weighted by atomic mass is 79.9. The first-order chi connectivity index (χ1) is 16.1. The van der Waals surface area contributed by atoms with Crippen LogP contribution in [0.3, 0.4) is 0 Å². The third-order valence-electron chi connectivity index (χ3n) is 7.50. The summed E-state index contributed by atoms with van der Waals surface area (Å²) in [6.07, 6.45) is 1.35. The largest absolute Gasteiger partial charge is 0.480 e. The van der Waals surface area contributed by atoms with E-state index in [1.807, 2.05) is 0 Å². The smallest absolute Gasteiger partial charge is 0.404 e. The number of benzene rings is 1. The van der Waals surface area contributed by atoms with E-state index in [9.17, 15) is 19.6 Å². The van der Waals surface area contributed by atoms with Gasteiger partial charge in [-0.3, -0.25) is 9.56 Å². The first kappa shape index (κ1) is 28.4. The zero-order valence-electron chi connectivity index (χ0n) is 20.6. The monoisotopic (exact) mass is 579 g/mol. The second kappa shape index (κ2) is 9.93. The minimum Gasteiger partial charge on any atom is -0.480 e. The van der Waals surface area contributed by atoms with Crippen LogP contribution in [0.25, 0.3) is 0 Å². The number of hydrogen-bond acceptors (Lipinski definition) is 6. The molecule has 3 aliphatic rings. The molecule has 196 valence electrons. The van der Waals surface area contributed by atoms with Crippen LogP contribution in [0.2, 0.25) is 0 Å². The summed E-state index contributed by atoms with van der Waals surface area (Å²) in [7, 11) is -4.79. The molecule has 3 fully saturated rings. The van der Waals surface area contributed by atoms with Crippen LogP contribution in [0.5, 0.6) is 0 Å². The van der Waals surface area contributed by atoms with E-state index < -0.39 is 36.4 Å². The van der Waals surface area contributed by atoms with Crippen molar-refractivity contribution in [2.24, 2.45) is 22.2 Å². The molecular weight excluding hydrogens is 547 g/mol. The van der Waals surface area contributed by atoms with Crippen molar-refractivity contribution in [3.8, 4) is 0 Å². The molecule has 2 bridgehead atoms. The zero-order chi connectivity index (χ0) is 26.4. The lowest BCUT2D eigenvalue weighted by Gasteiger charge is -2.62. The van der Waals surface area contributed by atoms with Gasteiger partial charge in [-0.2, -0.15) is 8.78 Å². The van der Waals surface area contributed by atoms with Gasteiger partial charge in [-0.15, -0.1) is 0 Å². The van der Waals surface area contributed by atoms with E-state index in [1.54, 1.807) is 6.92 Å². The third-order valence-corrected chi connectivity index (χ3v) is 10.3. The number of hydrogen-bond donors (Lipinski definition) is 2. The lowest BCUT2D eigenvalue weighted by atomic mass is 9.44. The molecular formula is C24H33BrF2NO6P. The van der Waals surface area contributed by atoms with Crippen molar-refractivity contribution in [2.75, 3.05) is 13.2 Å². The van der Waals surface area contributed by atoms with Crippen molar-refractivity contribution >= 4 is 35.2 Å². The first-order valence-electron chi connectivity index (χ1n) is 11.7. The second-order valence-electron chi connectivity index (χ2n) is 9.98. The van der Waals surface area contributed by atoms with Gasteiger partial charge >= 0.3 is 19.2 Å². The molecule has 11 heteroatoms. The molecule has 35 heavy (non-hydrogen) atoms.